The number of para-hydroxylation sites is 1. The van der Waals surface area contributed by atoms with Crippen LogP contribution in [-0.2, 0) is 4.74 Å². The van der Waals surface area contributed by atoms with Crippen molar-refractivity contribution >= 4 is 21.6 Å². The summed E-state index contributed by atoms with van der Waals surface area (Å²) in [5.74, 6) is 0. The number of aromatic nitrogens is 1. The fourth-order valence-corrected chi connectivity index (χ4v) is 3.23. The molecule has 1 aliphatic heterocycles. The van der Waals surface area contributed by atoms with Crippen molar-refractivity contribution in [2.24, 2.45) is 0 Å². The Labute approximate surface area is 144 Å². The monoisotopic (exact) mass is 368 g/mol. The maximum Gasteiger partial charge on any atom is 0.158 e. The van der Waals surface area contributed by atoms with Gasteiger partial charge in [-0.15, -0.1) is 0 Å². The maximum atomic E-state index is 5.98. The molecule has 0 aliphatic carbocycles. The highest BCUT2D eigenvalue weighted by atomic mass is 79.9. The molecule has 0 N–H and O–H groups in total. The summed E-state index contributed by atoms with van der Waals surface area (Å²) in [6.45, 7) is 1.67. The van der Waals surface area contributed by atoms with Crippen LogP contribution >= 0.6 is 15.9 Å². The van der Waals surface area contributed by atoms with Gasteiger partial charge in [-0.25, -0.2) is 0 Å². The highest BCUT2D eigenvalue weighted by Gasteiger charge is 2.27. The predicted octanol–water partition coefficient (Wildman–Crippen LogP) is 4.78. The first-order valence-corrected chi connectivity index (χ1v) is 8.48. The van der Waals surface area contributed by atoms with Crippen LogP contribution in [0.1, 0.15) is 11.8 Å². The van der Waals surface area contributed by atoms with E-state index in [0.29, 0.717) is 0 Å². The van der Waals surface area contributed by atoms with Gasteiger partial charge in [0.2, 0.25) is 0 Å². The molecule has 0 spiro atoms. The van der Waals surface area contributed by atoms with Crippen LogP contribution in [0.15, 0.2) is 77.5 Å². The predicted molar refractivity (Wildman–Crippen MR) is 96.0 cm³/mol. The topological polar surface area (TPSA) is 17.4 Å². The summed E-state index contributed by atoms with van der Waals surface area (Å²) in [5.41, 5.74) is 3.52. The number of rotatable bonds is 3. The number of anilines is 1. The number of benzene rings is 2. The molecule has 1 saturated heterocycles. The van der Waals surface area contributed by atoms with E-state index in [1.54, 1.807) is 0 Å². The standard InChI is InChI=1S/C19H17BrN2O/c20-16-6-8-17(9-7-16)21-11-10-15(14-21)19-22(12-13-23-19)18-4-2-1-3-5-18/h1-11,14,19H,12-13H2/t19-/m1/s1. The summed E-state index contributed by atoms with van der Waals surface area (Å²) in [4.78, 5) is 2.31. The molecule has 3 aromatic rings. The van der Waals surface area contributed by atoms with Gasteiger partial charge in [0, 0.05) is 40.3 Å². The van der Waals surface area contributed by atoms with Gasteiger partial charge in [-0.05, 0) is 42.5 Å². The van der Waals surface area contributed by atoms with Crippen molar-refractivity contribution in [2.45, 2.75) is 6.23 Å². The molecule has 23 heavy (non-hydrogen) atoms. The summed E-state index contributed by atoms with van der Waals surface area (Å²) in [6.07, 6.45) is 4.22. The molecule has 1 aliphatic rings. The highest BCUT2D eigenvalue weighted by Crippen LogP contribution is 2.32. The van der Waals surface area contributed by atoms with E-state index in [-0.39, 0.29) is 6.23 Å². The molecule has 116 valence electrons. The van der Waals surface area contributed by atoms with Crippen LogP contribution in [0.4, 0.5) is 5.69 Å². The number of ether oxygens (including phenoxy) is 1. The normalized spacial score (nSPS) is 17.6. The Balaban J connectivity index is 1.62. The van der Waals surface area contributed by atoms with Crippen molar-refractivity contribution in [2.75, 3.05) is 18.1 Å². The van der Waals surface area contributed by atoms with E-state index in [4.69, 9.17) is 4.74 Å². The van der Waals surface area contributed by atoms with Gasteiger partial charge >= 0.3 is 0 Å². The van der Waals surface area contributed by atoms with Gasteiger partial charge in [0.1, 0.15) is 0 Å². The lowest BCUT2D eigenvalue weighted by Crippen LogP contribution is -2.22. The second-order valence-electron chi connectivity index (χ2n) is 5.58. The number of hydrogen-bond acceptors (Lipinski definition) is 2. The molecule has 4 heteroatoms. The molecule has 0 radical (unpaired) electrons. The molecule has 3 nitrogen and oxygen atoms in total. The summed E-state index contributed by atoms with van der Waals surface area (Å²) in [6, 6.07) is 20.9. The first kappa shape index (κ1) is 14.5. The summed E-state index contributed by atoms with van der Waals surface area (Å²) >= 11 is 3.47. The average Bonchev–Trinajstić information content (AvgIpc) is 3.25. The molecule has 0 unspecified atom stereocenters. The quantitative estimate of drug-likeness (QED) is 0.661. The van der Waals surface area contributed by atoms with Crippen molar-refractivity contribution < 1.29 is 4.74 Å². The SMILES string of the molecule is Brc1ccc(-n2ccc([C@H]3OCCN3c3ccccc3)c2)cc1. The van der Waals surface area contributed by atoms with Crippen molar-refractivity contribution in [3.05, 3.63) is 83.1 Å². The van der Waals surface area contributed by atoms with Crippen LogP contribution in [-0.4, -0.2) is 17.7 Å². The zero-order chi connectivity index (χ0) is 15.6. The van der Waals surface area contributed by atoms with E-state index in [2.05, 4.69) is 92.4 Å². The average molecular weight is 369 g/mol. The van der Waals surface area contributed by atoms with Crippen molar-refractivity contribution in [1.82, 2.24) is 4.57 Å². The second-order valence-corrected chi connectivity index (χ2v) is 6.50. The maximum absolute atomic E-state index is 5.98. The van der Waals surface area contributed by atoms with E-state index in [0.717, 1.165) is 23.3 Å². The molecule has 0 amide bonds. The minimum absolute atomic E-state index is 0.0194. The van der Waals surface area contributed by atoms with Gasteiger partial charge in [0.25, 0.3) is 0 Å². The molecule has 4 rings (SSSR count). The number of hydrogen-bond donors (Lipinski definition) is 0. The Morgan fingerprint density at radius 3 is 2.48 bits per heavy atom. The zero-order valence-electron chi connectivity index (χ0n) is 12.6. The Hall–Kier alpha value is -2.04. The molecular weight excluding hydrogens is 352 g/mol. The lowest BCUT2D eigenvalue weighted by Gasteiger charge is -2.24. The highest BCUT2D eigenvalue weighted by molar-refractivity contribution is 9.10. The van der Waals surface area contributed by atoms with E-state index in [1.165, 1.54) is 11.3 Å². The molecule has 1 fully saturated rings. The van der Waals surface area contributed by atoms with Crippen LogP contribution in [0, 0.1) is 0 Å². The van der Waals surface area contributed by atoms with Crippen molar-refractivity contribution in [1.29, 1.82) is 0 Å². The van der Waals surface area contributed by atoms with Gasteiger partial charge in [-0.1, -0.05) is 34.1 Å². The van der Waals surface area contributed by atoms with Gasteiger partial charge in [-0.3, -0.25) is 0 Å². The molecule has 1 atom stereocenters. The Morgan fingerprint density at radius 2 is 1.70 bits per heavy atom. The van der Waals surface area contributed by atoms with Gasteiger partial charge in [0.05, 0.1) is 6.61 Å². The van der Waals surface area contributed by atoms with Crippen LogP contribution < -0.4 is 4.90 Å². The third-order valence-electron chi connectivity index (χ3n) is 4.10. The molecule has 0 saturated carbocycles. The van der Waals surface area contributed by atoms with E-state index >= 15 is 0 Å². The minimum Gasteiger partial charge on any atom is -0.352 e. The third kappa shape index (κ3) is 2.92. The van der Waals surface area contributed by atoms with Crippen LogP contribution in [0.25, 0.3) is 5.69 Å². The minimum atomic E-state index is -0.0194. The summed E-state index contributed by atoms with van der Waals surface area (Å²) in [5, 5.41) is 0. The first-order chi connectivity index (χ1) is 11.3. The van der Waals surface area contributed by atoms with Gasteiger partial charge in [-0.2, -0.15) is 0 Å². The number of nitrogens with zero attached hydrogens (tertiary/aromatic N) is 2. The smallest absolute Gasteiger partial charge is 0.158 e. The van der Waals surface area contributed by atoms with Crippen LogP contribution in [0.3, 0.4) is 0 Å². The first-order valence-electron chi connectivity index (χ1n) is 7.68. The molecule has 2 aromatic carbocycles. The Bertz CT molecular complexity index is 783. The fraction of sp³-hybridized carbons (Fsp3) is 0.158. The van der Waals surface area contributed by atoms with Crippen LogP contribution in [0.2, 0.25) is 0 Å². The van der Waals surface area contributed by atoms with E-state index in [1.807, 2.05) is 6.07 Å². The molecular formula is C19H17BrN2O. The lowest BCUT2D eigenvalue weighted by atomic mass is 10.2. The Morgan fingerprint density at radius 1 is 0.913 bits per heavy atom. The van der Waals surface area contributed by atoms with Crippen LogP contribution in [0.5, 0.6) is 0 Å². The van der Waals surface area contributed by atoms with Crippen molar-refractivity contribution in [3.63, 3.8) is 0 Å². The second kappa shape index (κ2) is 6.22. The third-order valence-corrected chi connectivity index (χ3v) is 4.63. The fourth-order valence-electron chi connectivity index (χ4n) is 2.96. The molecule has 0 bridgehead atoms. The van der Waals surface area contributed by atoms with Crippen molar-refractivity contribution in [3.8, 4) is 5.69 Å². The summed E-state index contributed by atoms with van der Waals surface area (Å²) < 4.78 is 9.20. The lowest BCUT2D eigenvalue weighted by molar-refractivity contribution is 0.114. The zero-order valence-corrected chi connectivity index (χ0v) is 14.2. The van der Waals surface area contributed by atoms with E-state index < -0.39 is 0 Å². The van der Waals surface area contributed by atoms with Gasteiger partial charge in [0.15, 0.2) is 6.23 Å². The summed E-state index contributed by atoms with van der Waals surface area (Å²) in [7, 11) is 0. The van der Waals surface area contributed by atoms with Gasteiger partial charge < -0.3 is 14.2 Å². The Kier molecular flexibility index (Phi) is 3.93. The number of halogens is 1. The largest absolute Gasteiger partial charge is 0.352 e. The molecule has 1 aromatic heterocycles. The molecule has 2 heterocycles. The van der Waals surface area contributed by atoms with E-state index in [9.17, 15) is 0 Å².